The first-order valence-electron chi connectivity index (χ1n) is 10.2. The van der Waals surface area contributed by atoms with Gasteiger partial charge in [0.25, 0.3) is 0 Å². The zero-order valence-electron chi connectivity index (χ0n) is 16.0. The van der Waals surface area contributed by atoms with Crippen LogP contribution >= 0.6 is 0 Å². The van der Waals surface area contributed by atoms with E-state index in [0.29, 0.717) is 11.5 Å². The SMILES string of the molecule is C.C=Cc1ccc(-c2ccc(C3CCC(CCCCC)CC3)cc2)c(F)c1. The summed E-state index contributed by atoms with van der Waals surface area (Å²) < 4.78 is 14.3. The molecule has 0 saturated heterocycles. The molecule has 0 aromatic heterocycles. The molecule has 0 N–H and O–H groups in total. The van der Waals surface area contributed by atoms with Gasteiger partial charge in [-0.15, -0.1) is 0 Å². The molecule has 0 amide bonds. The van der Waals surface area contributed by atoms with E-state index in [0.717, 1.165) is 17.0 Å². The molecule has 0 unspecified atom stereocenters. The first-order valence-corrected chi connectivity index (χ1v) is 10.2. The number of hydrogen-bond acceptors (Lipinski definition) is 0. The highest BCUT2D eigenvalue weighted by Crippen LogP contribution is 2.38. The summed E-state index contributed by atoms with van der Waals surface area (Å²) in [5, 5.41) is 0. The topological polar surface area (TPSA) is 0 Å². The quantitative estimate of drug-likeness (QED) is 0.430. The smallest absolute Gasteiger partial charge is 0.131 e. The van der Waals surface area contributed by atoms with Gasteiger partial charge in [-0.1, -0.05) is 89.1 Å². The second kappa shape index (κ2) is 10.4. The van der Waals surface area contributed by atoms with E-state index < -0.39 is 0 Å². The van der Waals surface area contributed by atoms with Gasteiger partial charge in [-0.2, -0.15) is 0 Å². The molecule has 1 aliphatic rings. The minimum absolute atomic E-state index is 0. The van der Waals surface area contributed by atoms with Gasteiger partial charge in [-0.25, -0.2) is 4.39 Å². The second-order valence-corrected chi connectivity index (χ2v) is 7.78. The highest BCUT2D eigenvalue weighted by molar-refractivity contribution is 5.66. The summed E-state index contributed by atoms with van der Waals surface area (Å²) in [5.41, 5.74) is 3.86. The van der Waals surface area contributed by atoms with Crippen LogP contribution in [-0.4, -0.2) is 0 Å². The zero-order chi connectivity index (χ0) is 18.4. The van der Waals surface area contributed by atoms with Crippen molar-refractivity contribution in [3.63, 3.8) is 0 Å². The molecule has 1 aliphatic carbocycles. The van der Waals surface area contributed by atoms with Crippen molar-refractivity contribution in [1.82, 2.24) is 0 Å². The second-order valence-electron chi connectivity index (χ2n) is 7.78. The Morgan fingerprint density at radius 1 is 1.00 bits per heavy atom. The lowest BCUT2D eigenvalue weighted by molar-refractivity contribution is 0.303. The molecule has 0 nitrogen and oxygen atoms in total. The van der Waals surface area contributed by atoms with Crippen molar-refractivity contribution < 1.29 is 4.39 Å². The zero-order valence-corrected chi connectivity index (χ0v) is 16.0. The van der Waals surface area contributed by atoms with E-state index in [1.807, 2.05) is 12.1 Å². The molecule has 2 aromatic rings. The summed E-state index contributed by atoms with van der Waals surface area (Å²) in [6.45, 7) is 5.98. The van der Waals surface area contributed by atoms with E-state index in [-0.39, 0.29) is 13.2 Å². The molecule has 2 aromatic carbocycles. The molecular formula is C26H35F. The first kappa shape index (κ1) is 21.4. The Bertz CT molecular complexity index is 705. The summed E-state index contributed by atoms with van der Waals surface area (Å²) in [4.78, 5) is 0. The minimum Gasteiger partial charge on any atom is -0.206 e. The maximum absolute atomic E-state index is 14.3. The normalized spacial score (nSPS) is 19.3. The number of rotatable bonds is 7. The average molecular weight is 367 g/mol. The Hall–Kier alpha value is -1.89. The molecule has 0 aliphatic heterocycles. The molecule has 0 radical (unpaired) electrons. The van der Waals surface area contributed by atoms with Crippen LogP contribution < -0.4 is 0 Å². The van der Waals surface area contributed by atoms with Gasteiger partial charge < -0.3 is 0 Å². The van der Waals surface area contributed by atoms with Crippen molar-refractivity contribution in [2.75, 3.05) is 0 Å². The van der Waals surface area contributed by atoms with Crippen LogP contribution in [0.3, 0.4) is 0 Å². The van der Waals surface area contributed by atoms with E-state index >= 15 is 0 Å². The van der Waals surface area contributed by atoms with E-state index in [1.165, 1.54) is 56.9 Å². The average Bonchev–Trinajstić information content (AvgIpc) is 2.69. The van der Waals surface area contributed by atoms with Gasteiger partial charge in [-0.05, 0) is 60.3 Å². The van der Waals surface area contributed by atoms with Gasteiger partial charge in [0.2, 0.25) is 0 Å². The van der Waals surface area contributed by atoms with Crippen molar-refractivity contribution in [2.24, 2.45) is 5.92 Å². The fourth-order valence-corrected chi connectivity index (χ4v) is 4.29. The van der Waals surface area contributed by atoms with Gasteiger partial charge in [0, 0.05) is 5.56 Å². The van der Waals surface area contributed by atoms with E-state index in [1.54, 1.807) is 12.1 Å². The highest BCUT2D eigenvalue weighted by atomic mass is 19.1. The van der Waals surface area contributed by atoms with Gasteiger partial charge in [-0.3, -0.25) is 0 Å². The van der Waals surface area contributed by atoms with Gasteiger partial charge in [0.15, 0.2) is 0 Å². The largest absolute Gasteiger partial charge is 0.206 e. The fourth-order valence-electron chi connectivity index (χ4n) is 4.29. The molecule has 1 heteroatoms. The van der Waals surface area contributed by atoms with Crippen LogP contribution in [0, 0.1) is 11.7 Å². The molecule has 1 fully saturated rings. The van der Waals surface area contributed by atoms with E-state index in [9.17, 15) is 4.39 Å². The van der Waals surface area contributed by atoms with E-state index in [4.69, 9.17) is 0 Å². The van der Waals surface area contributed by atoms with Crippen molar-refractivity contribution >= 4 is 6.08 Å². The third-order valence-corrected chi connectivity index (χ3v) is 5.98. The number of unbranched alkanes of at least 4 members (excludes halogenated alkanes) is 2. The summed E-state index contributed by atoms with van der Waals surface area (Å²) in [6, 6.07) is 13.9. The maximum Gasteiger partial charge on any atom is 0.131 e. The number of hydrogen-bond donors (Lipinski definition) is 0. The Kier molecular flexibility index (Phi) is 8.28. The van der Waals surface area contributed by atoms with Crippen LogP contribution in [0.1, 0.15) is 82.8 Å². The summed E-state index contributed by atoms with van der Waals surface area (Å²) in [6.07, 6.45) is 12.5. The standard InChI is InChI=1S/C25H31F.CH4/c1-3-5-6-7-20-8-11-21(12-9-20)22-13-15-23(16-14-22)24-17-10-19(4-2)18-25(24)26;/h4,10,13-18,20-21H,2-3,5-9,11-12H2,1H3;1H4. The maximum atomic E-state index is 14.3. The molecule has 0 bridgehead atoms. The molecule has 146 valence electrons. The van der Waals surface area contributed by atoms with Crippen LogP contribution in [0.2, 0.25) is 0 Å². The molecule has 1 saturated carbocycles. The summed E-state index contributed by atoms with van der Waals surface area (Å²) >= 11 is 0. The Balaban J connectivity index is 0.00000261. The molecule has 0 heterocycles. The van der Waals surface area contributed by atoms with Gasteiger partial charge >= 0.3 is 0 Å². The van der Waals surface area contributed by atoms with Crippen LogP contribution in [0.25, 0.3) is 17.2 Å². The van der Waals surface area contributed by atoms with Gasteiger partial charge in [0.1, 0.15) is 5.82 Å². The monoisotopic (exact) mass is 366 g/mol. The van der Waals surface area contributed by atoms with Crippen molar-refractivity contribution in [1.29, 1.82) is 0 Å². The van der Waals surface area contributed by atoms with Crippen LogP contribution in [0.5, 0.6) is 0 Å². The Labute approximate surface area is 165 Å². The molecule has 0 spiro atoms. The molecule has 3 rings (SSSR count). The van der Waals surface area contributed by atoms with Gasteiger partial charge in [0.05, 0.1) is 0 Å². The van der Waals surface area contributed by atoms with Crippen molar-refractivity contribution in [3.8, 4) is 11.1 Å². The Morgan fingerprint density at radius 2 is 1.70 bits per heavy atom. The lowest BCUT2D eigenvalue weighted by Crippen LogP contribution is -2.13. The van der Waals surface area contributed by atoms with Crippen LogP contribution in [0.4, 0.5) is 4.39 Å². The third kappa shape index (κ3) is 5.54. The number of benzene rings is 2. The fraction of sp³-hybridized carbons (Fsp3) is 0.462. The Morgan fingerprint density at radius 3 is 2.30 bits per heavy atom. The molecule has 0 atom stereocenters. The van der Waals surface area contributed by atoms with Crippen LogP contribution in [-0.2, 0) is 0 Å². The molecular weight excluding hydrogens is 331 g/mol. The highest BCUT2D eigenvalue weighted by Gasteiger charge is 2.22. The van der Waals surface area contributed by atoms with Crippen molar-refractivity contribution in [3.05, 3.63) is 66.0 Å². The number of halogens is 1. The predicted molar refractivity (Wildman–Crippen MR) is 117 cm³/mol. The minimum atomic E-state index is -0.178. The summed E-state index contributed by atoms with van der Waals surface area (Å²) in [7, 11) is 0. The molecule has 27 heavy (non-hydrogen) atoms. The lowest BCUT2D eigenvalue weighted by Gasteiger charge is -2.29. The summed E-state index contributed by atoms with van der Waals surface area (Å²) in [5.74, 6) is 1.44. The lowest BCUT2D eigenvalue weighted by atomic mass is 9.77. The first-order chi connectivity index (χ1) is 12.7. The van der Waals surface area contributed by atoms with E-state index in [2.05, 4.69) is 37.8 Å². The predicted octanol–water partition coefficient (Wildman–Crippen LogP) is 8.63. The third-order valence-electron chi connectivity index (χ3n) is 5.98. The van der Waals surface area contributed by atoms with Crippen LogP contribution in [0.15, 0.2) is 49.0 Å². The van der Waals surface area contributed by atoms with Crippen molar-refractivity contribution in [2.45, 2.75) is 71.6 Å².